The van der Waals surface area contributed by atoms with Crippen molar-refractivity contribution in [3.8, 4) is 0 Å². The molecule has 0 bridgehead atoms. The van der Waals surface area contributed by atoms with E-state index < -0.39 is 18.0 Å². The van der Waals surface area contributed by atoms with E-state index in [0.29, 0.717) is 25.1 Å². The summed E-state index contributed by atoms with van der Waals surface area (Å²) in [6.07, 6.45) is 2.30. The van der Waals surface area contributed by atoms with Crippen molar-refractivity contribution in [1.82, 2.24) is 10.2 Å². The minimum atomic E-state index is -0.684. The highest BCUT2D eigenvalue weighted by molar-refractivity contribution is 5.93. The molecule has 24 heavy (non-hydrogen) atoms. The van der Waals surface area contributed by atoms with Crippen LogP contribution >= 0.6 is 0 Å². The summed E-state index contributed by atoms with van der Waals surface area (Å²) < 4.78 is 0. The van der Waals surface area contributed by atoms with E-state index >= 15 is 0 Å². The first-order valence-electron chi connectivity index (χ1n) is 8.12. The Morgan fingerprint density at radius 1 is 1.17 bits per heavy atom. The third kappa shape index (κ3) is 4.55. The lowest BCUT2D eigenvalue weighted by Gasteiger charge is -2.25. The van der Waals surface area contributed by atoms with E-state index in [4.69, 9.17) is 11.5 Å². The maximum absolute atomic E-state index is 12.7. The number of hydrogen-bond donors (Lipinski definition) is 3. The first kappa shape index (κ1) is 17.9. The van der Waals surface area contributed by atoms with Gasteiger partial charge >= 0.3 is 0 Å². The number of primary amides is 1. The second kappa shape index (κ2) is 7.92. The van der Waals surface area contributed by atoms with Crippen LogP contribution in [0.2, 0.25) is 0 Å². The van der Waals surface area contributed by atoms with E-state index in [1.54, 1.807) is 36.1 Å². The number of hydrogen-bond acceptors (Lipinski definition) is 4. The van der Waals surface area contributed by atoms with Gasteiger partial charge < -0.3 is 21.7 Å². The molecule has 5 N–H and O–H groups in total. The summed E-state index contributed by atoms with van der Waals surface area (Å²) in [6.45, 7) is 3.00. The molecule has 130 valence electrons. The maximum atomic E-state index is 12.7. The van der Waals surface area contributed by atoms with Crippen LogP contribution in [-0.2, 0) is 16.0 Å². The molecular formula is C17H24N4O3. The smallest absolute Gasteiger partial charge is 0.248 e. The Bertz CT molecular complexity index is 607. The van der Waals surface area contributed by atoms with E-state index in [1.165, 1.54) is 0 Å². The van der Waals surface area contributed by atoms with Crippen LogP contribution in [0.3, 0.4) is 0 Å². The van der Waals surface area contributed by atoms with Gasteiger partial charge in [-0.1, -0.05) is 12.1 Å². The summed E-state index contributed by atoms with van der Waals surface area (Å²) >= 11 is 0. The molecule has 1 aliphatic rings. The number of amides is 3. The van der Waals surface area contributed by atoms with Crippen LogP contribution in [0.1, 0.15) is 35.7 Å². The van der Waals surface area contributed by atoms with Gasteiger partial charge in [-0.25, -0.2) is 0 Å². The molecule has 0 spiro atoms. The number of carbonyl (C=O) groups excluding carboxylic acids is 3. The number of nitrogens with one attached hydrogen (secondary N) is 1. The Morgan fingerprint density at radius 2 is 1.75 bits per heavy atom. The largest absolute Gasteiger partial charge is 0.366 e. The summed E-state index contributed by atoms with van der Waals surface area (Å²) in [5.41, 5.74) is 12.1. The summed E-state index contributed by atoms with van der Waals surface area (Å²) in [5.74, 6) is -0.960. The number of carbonyl (C=O) groups is 3. The lowest BCUT2D eigenvalue weighted by molar-refractivity contribution is -0.135. The van der Waals surface area contributed by atoms with E-state index in [-0.39, 0.29) is 11.8 Å². The molecule has 7 nitrogen and oxygen atoms in total. The van der Waals surface area contributed by atoms with Gasteiger partial charge in [0.05, 0.1) is 6.04 Å². The fraction of sp³-hybridized carbons (Fsp3) is 0.471. The molecule has 0 saturated carbocycles. The SMILES string of the molecule is CC(N)C(=O)NC(Cc1ccc(C(N)=O)cc1)C(=O)N1CCCC1. The first-order valence-corrected chi connectivity index (χ1v) is 8.12. The van der Waals surface area contributed by atoms with Gasteiger partial charge in [0.15, 0.2) is 0 Å². The molecular weight excluding hydrogens is 308 g/mol. The summed E-state index contributed by atoms with van der Waals surface area (Å²) in [5, 5.41) is 2.73. The zero-order chi connectivity index (χ0) is 17.7. The van der Waals surface area contributed by atoms with Crippen LogP contribution in [0.5, 0.6) is 0 Å². The van der Waals surface area contributed by atoms with Gasteiger partial charge in [0.1, 0.15) is 6.04 Å². The number of benzene rings is 1. The molecule has 2 rings (SSSR count). The molecule has 1 saturated heterocycles. The minimum absolute atomic E-state index is 0.0968. The van der Waals surface area contributed by atoms with E-state index in [2.05, 4.69) is 5.32 Å². The molecule has 2 atom stereocenters. The number of nitrogens with two attached hydrogens (primary N) is 2. The van der Waals surface area contributed by atoms with E-state index in [1.807, 2.05) is 0 Å². The molecule has 0 aromatic heterocycles. The van der Waals surface area contributed by atoms with Gasteiger partial charge in [-0.15, -0.1) is 0 Å². The number of nitrogens with zero attached hydrogens (tertiary/aromatic N) is 1. The molecule has 7 heteroatoms. The lowest BCUT2D eigenvalue weighted by Crippen LogP contribution is -2.52. The van der Waals surface area contributed by atoms with Crippen molar-refractivity contribution in [3.63, 3.8) is 0 Å². The van der Waals surface area contributed by atoms with Crippen LogP contribution in [0.15, 0.2) is 24.3 Å². The summed E-state index contributed by atoms with van der Waals surface area (Å²) in [4.78, 5) is 37.5. The lowest BCUT2D eigenvalue weighted by atomic mass is 10.0. The molecule has 1 aromatic carbocycles. The fourth-order valence-electron chi connectivity index (χ4n) is 2.70. The van der Waals surface area contributed by atoms with Crippen LogP contribution in [0.25, 0.3) is 0 Å². The van der Waals surface area contributed by atoms with Gasteiger partial charge in [-0.3, -0.25) is 14.4 Å². The third-order valence-corrected chi connectivity index (χ3v) is 4.12. The van der Waals surface area contributed by atoms with Gasteiger partial charge in [0.2, 0.25) is 17.7 Å². The van der Waals surface area contributed by atoms with E-state index in [9.17, 15) is 14.4 Å². The Balaban J connectivity index is 2.13. The van der Waals surface area contributed by atoms with Crippen molar-refractivity contribution in [2.45, 2.75) is 38.3 Å². The standard InChI is InChI=1S/C17H24N4O3/c1-11(18)16(23)20-14(17(24)21-8-2-3-9-21)10-12-4-6-13(7-5-12)15(19)22/h4-7,11,14H,2-3,8-10,18H2,1H3,(H2,19,22)(H,20,23). The second-order valence-electron chi connectivity index (χ2n) is 6.15. The van der Waals surface area contributed by atoms with Crippen molar-refractivity contribution in [2.75, 3.05) is 13.1 Å². The van der Waals surface area contributed by atoms with Gasteiger partial charge in [-0.05, 0) is 37.5 Å². The molecule has 0 radical (unpaired) electrons. The Morgan fingerprint density at radius 3 is 2.25 bits per heavy atom. The third-order valence-electron chi connectivity index (χ3n) is 4.12. The predicted octanol–water partition coefficient (Wildman–Crippen LogP) is -0.218. The van der Waals surface area contributed by atoms with E-state index in [0.717, 1.165) is 18.4 Å². The molecule has 1 aromatic rings. The van der Waals surface area contributed by atoms with Gasteiger partial charge in [0, 0.05) is 25.1 Å². The minimum Gasteiger partial charge on any atom is -0.366 e. The molecule has 1 aliphatic heterocycles. The average molecular weight is 332 g/mol. The van der Waals surface area contributed by atoms with Crippen molar-refractivity contribution in [1.29, 1.82) is 0 Å². The highest BCUT2D eigenvalue weighted by Crippen LogP contribution is 2.13. The zero-order valence-electron chi connectivity index (χ0n) is 13.8. The highest BCUT2D eigenvalue weighted by Gasteiger charge is 2.28. The zero-order valence-corrected chi connectivity index (χ0v) is 13.8. The Hall–Kier alpha value is -2.41. The van der Waals surface area contributed by atoms with Gasteiger partial charge in [0.25, 0.3) is 0 Å². The summed E-state index contributed by atoms with van der Waals surface area (Å²) in [7, 11) is 0. The monoisotopic (exact) mass is 332 g/mol. The number of likely N-dealkylation sites (tertiary alicyclic amines) is 1. The summed E-state index contributed by atoms with van der Waals surface area (Å²) in [6, 6.07) is 5.35. The normalized spacial score (nSPS) is 16.5. The predicted molar refractivity (Wildman–Crippen MR) is 90.1 cm³/mol. The Kier molecular flexibility index (Phi) is 5.92. The second-order valence-corrected chi connectivity index (χ2v) is 6.15. The van der Waals surface area contributed by atoms with Crippen LogP contribution < -0.4 is 16.8 Å². The van der Waals surface area contributed by atoms with Crippen molar-refractivity contribution < 1.29 is 14.4 Å². The van der Waals surface area contributed by atoms with Crippen molar-refractivity contribution >= 4 is 17.7 Å². The molecule has 1 heterocycles. The highest BCUT2D eigenvalue weighted by atomic mass is 16.2. The topological polar surface area (TPSA) is 119 Å². The first-order chi connectivity index (χ1) is 11.4. The Labute approximate surface area is 141 Å². The fourth-order valence-corrected chi connectivity index (χ4v) is 2.70. The van der Waals surface area contributed by atoms with Crippen molar-refractivity contribution in [2.24, 2.45) is 11.5 Å². The molecule has 2 unspecified atom stereocenters. The van der Waals surface area contributed by atoms with Crippen LogP contribution in [0, 0.1) is 0 Å². The average Bonchev–Trinajstić information content (AvgIpc) is 3.08. The maximum Gasteiger partial charge on any atom is 0.248 e. The molecule has 1 fully saturated rings. The van der Waals surface area contributed by atoms with Crippen LogP contribution in [-0.4, -0.2) is 47.8 Å². The van der Waals surface area contributed by atoms with Gasteiger partial charge in [-0.2, -0.15) is 0 Å². The molecule has 0 aliphatic carbocycles. The quantitative estimate of drug-likeness (QED) is 0.667. The van der Waals surface area contributed by atoms with Crippen molar-refractivity contribution in [3.05, 3.63) is 35.4 Å². The van der Waals surface area contributed by atoms with Crippen LogP contribution in [0.4, 0.5) is 0 Å². The molecule has 3 amide bonds. The number of rotatable bonds is 6.